The van der Waals surface area contributed by atoms with Crippen molar-refractivity contribution in [2.45, 2.75) is 6.92 Å². The Labute approximate surface area is 158 Å². The van der Waals surface area contributed by atoms with Crippen molar-refractivity contribution in [2.75, 3.05) is 13.7 Å². The highest BCUT2D eigenvalue weighted by molar-refractivity contribution is 5.82. The molecule has 6 heteroatoms. The molecular weight excluding hydrogens is 342 g/mol. The Hall–Kier alpha value is -3.54. The first-order valence-corrected chi connectivity index (χ1v) is 8.50. The van der Waals surface area contributed by atoms with E-state index in [9.17, 15) is 4.79 Å². The van der Waals surface area contributed by atoms with E-state index < -0.39 is 0 Å². The van der Waals surface area contributed by atoms with Crippen LogP contribution in [0.3, 0.4) is 0 Å². The van der Waals surface area contributed by atoms with Crippen LogP contribution in [-0.4, -0.2) is 30.4 Å². The molecule has 0 unspecified atom stereocenters. The zero-order chi connectivity index (χ0) is 19.1. The third-order valence-corrected chi connectivity index (χ3v) is 3.93. The molecule has 2 aromatic carbocycles. The zero-order valence-electron chi connectivity index (χ0n) is 15.3. The number of amides is 1. The van der Waals surface area contributed by atoms with Gasteiger partial charge in [0.15, 0.2) is 18.1 Å². The lowest BCUT2D eigenvalue weighted by atomic mass is 10.3. The number of methoxy groups -OCH3 is 1. The quantitative estimate of drug-likeness (QED) is 0.517. The number of benzene rings is 2. The van der Waals surface area contributed by atoms with Gasteiger partial charge in [-0.1, -0.05) is 30.3 Å². The first-order valence-electron chi connectivity index (χ1n) is 8.50. The molecule has 1 heterocycles. The SMILES string of the molecule is COc1ccccc1OCC(=O)N/N=C\c1ccc(C)n1-c1ccccc1. The number of carbonyl (C=O) groups excluding carboxylic acids is 1. The minimum absolute atomic E-state index is 0.156. The number of nitrogens with one attached hydrogen (secondary N) is 1. The number of rotatable bonds is 7. The molecule has 0 bridgehead atoms. The topological polar surface area (TPSA) is 64.8 Å². The fourth-order valence-corrected chi connectivity index (χ4v) is 2.67. The highest BCUT2D eigenvalue weighted by atomic mass is 16.5. The van der Waals surface area contributed by atoms with Gasteiger partial charge in [-0.25, -0.2) is 5.43 Å². The van der Waals surface area contributed by atoms with E-state index in [4.69, 9.17) is 9.47 Å². The van der Waals surface area contributed by atoms with Crippen LogP contribution >= 0.6 is 0 Å². The number of para-hydroxylation sites is 3. The Morgan fingerprint density at radius 1 is 1.04 bits per heavy atom. The van der Waals surface area contributed by atoms with E-state index in [1.54, 1.807) is 25.5 Å². The molecule has 0 atom stereocenters. The van der Waals surface area contributed by atoms with Gasteiger partial charge in [0.05, 0.1) is 19.0 Å². The smallest absolute Gasteiger partial charge is 0.277 e. The highest BCUT2D eigenvalue weighted by Gasteiger charge is 2.07. The summed E-state index contributed by atoms with van der Waals surface area (Å²) in [5.74, 6) is 0.726. The van der Waals surface area contributed by atoms with Crippen molar-refractivity contribution in [3.63, 3.8) is 0 Å². The Bertz CT molecular complexity index is 933. The van der Waals surface area contributed by atoms with Gasteiger partial charge >= 0.3 is 0 Å². The molecule has 138 valence electrons. The third kappa shape index (κ3) is 4.55. The molecule has 0 aliphatic heterocycles. The predicted molar refractivity (Wildman–Crippen MR) is 105 cm³/mol. The van der Waals surface area contributed by atoms with Crippen LogP contribution in [0.15, 0.2) is 71.8 Å². The van der Waals surface area contributed by atoms with E-state index in [1.807, 2.05) is 61.5 Å². The fraction of sp³-hybridized carbons (Fsp3) is 0.143. The van der Waals surface area contributed by atoms with Crippen molar-refractivity contribution in [2.24, 2.45) is 5.10 Å². The molecule has 27 heavy (non-hydrogen) atoms. The molecule has 1 aromatic heterocycles. The summed E-state index contributed by atoms with van der Waals surface area (Å²) in [5.41, 5.74) is 5.46. The summed E-state index contributed by atoms with van der Waals surface area (Å²) in [6.07, 6.45) is 1.61. The number of hydrogen-bond donors (Lipinski definition) is 1. The van der Waals surface area contributed by atoms with Gasteiger partial charge in [-0.3, -0.25) is 4.79 Å². The number of hydrogen-bond acceptors (Lipinski definition) is 4. The normalized spacial score (nSPS) is 10.7. The second-order valence-corrected chi connectivity index (χ2v) is 5.80. The van der Waals surface area contributed by atoms with Gasteiger partial charge in [0.1, 0.15) is 0 Å². The predicted octanol–water partition coefficient (Wildman–Crippen LogP) is 3.32. The molecule has 3 aromatic rings. The highest BCUT2D eigenvalue weighted by Crippen LogP contribution is 2.25. The lowest BCUT2D eigenvalue weighted by Crippen LogP contribution is -2.24. The van der Waals surface area contributed by atoms with Gasteiger partial charge in [-0.2, -0.15) is 5.10 Å². The summed E-state index contributed by atoms with van der Waals surface area (Å²) < 4.78 is 12.7. The molecule has 0 aliphatic carbocycles. The van der Waals surface area contributed by atoms with Crippen LogP contribution in [0.4, 0.5) is 0 Å². The van der Waals surface area contributed by atoms with Gasteiger partial charge in [-0.05, 0) is 43.3 Å². The van der Waals surface area contributed by atoms with Crippen molar-refractivity contribution < 1.29 is 14.3 Å². The molecule has 0 radical (unpaired) electrons. The molecule has 0 saturated heterocycles. The molecule has 0 aliphatic rings. The van der Waals surface area contributed by atoms with Crippen molar-refractivity contribution >= 4 is 12.1 Å². The van der Waals surface area contributed by atoms with Crippen molar-refractivity contribution in [1.82, 2.24) is 9.99 Å². The molecule has 6 nitrogen and oxygen atoms in total. The Morgan fingerprint density at radius 3 is 2.48 bits per heavy atom. The van der Waals surface area contributed by atoms with Gasteiger partial charge in [-0.15, -0.1) is 0 Å². The van der Waals surface area contributed by atoms with Crippen LogP contribution in [0.5, 0.6) is 11.5 Å². The number of ether oxygens (including phenoxy) is 2. The van der Waals surface area contributed by atoms with Crippen molar-refractivity contribution in [3.8, 4) is 17.2 Å². The fourth-order valence-electron chi connectivity index (χ4n) is 2.67. The second-order valence-electron chi connectivity index (χ2n) is 5.80. The molecule has 0 saturated carbocycles. The van der Waals surface area contributed by atoms with Crippen molar-refractivity contribution in [3.05, 3.63) is 78.1 Å². The lowest BCUT2D eigenvalue weighted by Gasteiger charge is -2.10. The Balaban J connectivity index is 1.61. The average molecular weight is 363 g/mol. The molecule has 3 rings (SSSR count). The first kappa shape index (κ1) is 18.3. The van der Waals surface area contributed by atoms with Crippen molar-refractivity contribution in [1.29, 1.82) is 0 Å². The average Bonchev–Trinajstić information content (AvgIpc) is 3.07. The summed E-state index contributed by atoms with van der Waals surface area (Å²) in [6.45, 7) is 1.86. The van der Waals surface area contributed by atoms with E-state index in [0.29, 0.717) is 11.5 Å². The Kier molecular flexibility index (Phi) is 5.89. The van der Waals surface area contributed by atoms with E-state index >= 15 is 0 Å². The number of aryl methyl sites for hydroxylation is 1. The molecule has 1 amide bonds. The molecule has 1 N–H and O–H groups in total. The minimum atomic E-state index is -0.355. The largest absolute Gasteiger partial charge is 0.493 e. The number of nitrogens with zero attached hydrogens (tertiary/aromatic N) is 2. The summed E-state index contributed by atoms with van der Waals surface area (Å²) in [7, 11) is 1.55. The van der Waals surface area contributed by atoms with Crippen LogP contribution in [-0.2, 0) is 4.79 Å². The summed E-state index contributed by atoms with van der Waals surface area (Å²) in [5, 5.41) is 4.04. The van der Waals surface area contributed by atoms with E-state index in [0.717, 1.165) is 17.1 Å². The number of aromatic nitrogens is 1. The summed E-state index contributed by atoms with van der Waals surface area (Å²) >= 11 is 0. The van der Waals surface area contributed by atoms with E-state index in [2.05, 4.69) is 15.1 Å². The van der Waals surface area contributed by atoms with Gasteiger partial charge < -0.3 is 14.0 Å². The zero-order valence-corrected chi connectivity index (χ0v) is 15.3. The maximum absolute atomic E-state index is 12.0. The number of carbonyl (C=O) groups is 1. The van der Waals surface area contributed by atoms with Gasteiger partial charge in [0, 0.05) is 11.4 Å². The van der Waals surface area contributed by atoms with Crippen LogP contribution in [0, 0.1) is 6.92 Å². The van der Waals surface area contributed by atoms with E-state index in [-0.39, 0.29) is 12.5 Å². The summed E-state index contributed by atoms with van der Waals surface area (Å²) in [4.78, 5) is 12.0. The number of hydrazone groups is 1. The third-order valence-electron chi connectivity index (χ3n) is 3.93. The lowest BCUT2D eigenvalue weighted by molar-refractivity contribution is -0.123. The Morgan fingerprint density at radius 2 is 1.74 bits per heavy atom. The van der Waals surface area contributed by atoms with E-state index in [1.165, 1.54) is 0 Å². The van der Waals surface area contributed by atoms with Crippen LogP contribution in [0.2, 0.25) is 0 Å². The monoisotopic (exact) mass is 363 g/mol. The second kappa shape index (κ2) is 8.71. The van der Waals surface area contributed by atoms with Gasteiger partial charge in [0.2, 0.25) is 0 Å². The first-order chi connectivity index (χ1) is 13.2. The molecular formula is C21H21N3O3. The standard InChI is InChI=1S/C21H21N3O3/c1-16-12-13-18(24(16)17-8-4-3-5-9-17)14-22-23-21(25)15-27-20-11-7-6-10-19(20)26-2/h3-14H,15H2,1-2H3,(H,23,25)/b22-14-. The van der Waals surface area contributed by atoms with Gasteiger partial charge in [0.25, 0.3) is 5.91 Å². The summed E-state index contributed by atoms with van der Waals surface area (Å²) in [6, 6.07) is 21.1. The maximum atomic E-state index is 12.0. The molecule has 0 fully saturated rings. The molecule has 0 spiro atoms. The van der Waals surface area contributed by atoms with Crippen LogP contribution in [0.25, 0.3) is 5.69 Å². The minimum Gasteiger partial charge on any atom is -0.493 e. The van der Waals surface area contributed by atoms with Crippen LogP contribution < -0.4 is 14.9 Å². The van der Waals surface area contributed by atoms with Crippen LogP contribution in [0.1, 0.15) is 11.4 Å². The maximum Gasteiger partial charge on any atom is 0.277 e.